The highest BCUT2D eigenvalue weighted by Crippen LogP contribution is 2.23. The quantitative estimate of drug-likeness (QED) is 0.675. The van der Waals surface area contributed by atoms with Crippen molar-refractivity contribution in [2.45, 2.75) is 25.7 Å². The number of ether oxygens (including phenoxy) is 1. The van der Waals surface area contributed by atoms with Gasteiger partial charge < -0.3 is 10.1 Å². The topological polar surface area (TPSA) is 106 Å². The van der Waals surface area contributed by atoms with Gasteiger partial charge in [0.2, 0.25) is 10.0 Å². The van der Waals surface area contributed by atoms with E-state index in [1.54, 1.807) is 45.0 Å². The third-order valence-electron chi connectivity index (χ3n) is 4.00. The number of hydrogen-bond donors (Lipinski definition) is 1. The molecule has 1 aromatic heterocycles. The fourth-order valence-electron chi connectivity index (χ4n) is 2.54. The second kappa shape index (κ2) is 9.43. The normalized spacial score (nSPS) is 11.3. The lowest BCUT2D eigenvalue weighted by Gasteiger charge is -2.20. The molecule has 0 aliphatic carbocycles. The van der Waals surface area contributed by atoms with Crippen molar-refractivity contribution in [2.75, 3.05) is 25.0 Å². The van der Waals surface area contributed by atoms with Crippen molar-refractivity contribution < 1.29 is 22.7 Å². The Balaban J connectivity index is 2.08. The maximum absolute atomic E-state index is 12.8. The number of nitrogens with zero attached hydrogens (tertiary/aromatic N) is 2. The molecule has 1 aromatic carbocycles. The van der Waals surface area contributed by atoms with Gasteiger partial charge in [0, 0.05) is 25.0 Å². The monoisotopic (exact) mass is 405 g/mol. The van der Waals surface area contributed by atoms with Gasteiger partial charge in [0.1, 0.15) is 5.69 Å². The summed E-state index contributed by atoms with van der Waals surface area (Å²) in [5, 5.41) is 2.54. The fourth-order valence-corrected chi connectivity index (χ4v) is 4.25. The van der Waals surface area contributed by atoms with E-state index in [2.05, 4.69) is 10.3 Å². The maximum atomic E-state index is 12.8. The molecule has 1 heterocycles. The van der Waals surface area contributed by atoms with Gasteiger partial charge >= 0.3 is 5.97 Å². The zero-order chi connectivity index (χ0) is 20.7. The van der Waals surface area contributed by atoms with Crippen molar-refractivity contribution in [1.82, 2.24) is 9.29 Å². The Morgan fingerprint density at radius 2 is 1.86 bits per heavy atom. The molecule has 0 atom stereocenters. The minimum absolute atomic E-state index is 0.0956. The lowest BCUT2D eigenvalue weighted by molar-refractivity contribution is -0.119. The van der Waals surface area contributed by atoms with Crippen LogP contribution in [0.1, 0.15) is 29.9 Å². The lowest BCUT2D eigenvalue weighted by Crippen LogP contribution is -2.31. The summed E-state index contributed by atoms with van der Waals surface area (Å²) < 4.78 is 31.8. The minimum atomic E-state index is -3.66. The average molecular weight is 405 g/mol. The largest absolute Gasteiger partial charge is 0.451 e. The summed E-state index contributed by atoms with van der Waals surface area (Å²) in [6, 6.07) is 9.38. The van der Waals surface area contributed by atoms with Gasteiger partial charge in [-0.1, -0.05) is 26.0 Å². The number of carbonyl (C=O) groups excluding carboxylic acids is 2. The van der Waals surface area contributed by atoms with E-state index in [9.17, 15) is 18.0 Å². The van der Waals surface area contributed by atoms with Crippen LogP contribution in [0.5, 0.6) is 0 Å². The van der Waals surface area contributed by atoms with Crippen LogP contribution in [0, 0.1) is 6.92 Å². The maximum Gasteiger partial charge on any atom is 0.357 e. The van der Waals surface area contributed by atoms with Crippen LogP contribution in [0.4, 0.5) is 5.69 Å². The standard InChI is InChI=1S/C19H23N3O5S/c1-4-22(5-2)28(25,26)17-12-15(10-9-14(17)3)21-18(23)13-27-19(24)16-8-6-7-11-20-16/h6-12H,4-5,13H2,1-3H3,(H,21,23). The molecule has 0 unspecified atom stereocenters. The predicted octanol–water partition coefficient (Wildman–Crippen LogP) is 2.22. The van der Waals surface area contributed by atoms with Crippen molar-refractivity contribution in [2.24, 2.45) is 0 Å². The molecule has 0 aliphatic heterocycles. The average Bonchev–Trinajstić information content (AvgIpc) is 2.69. The molecule has 1 amide bonds. The molecule has 0 aliphatic rings. The van der Waals surface area contributed by atoms with Crippen LogP contribution in [0.15, 0.2) is 47.5 Å². The predicted molar refractivity (Wildman–Crippen MR) is 104 cm³/mol. The van der Waals surface area contributed by atoms with E-state index in [-0.39, 0.29) is 10.6 Å². The minimum Gasteiger partial charge on any atom is -0.451 e. The fraction of sp³-hybridized carbons (Fsp3) is 0.316. The first kappa shape index (κ1) is 21.5. The van der Waals surface area contributed by atoms with Crippen molar-refractivity contribution in [3.05, 3.63) is 53.9 Å². The third kappa shape index (κ3) is 5.14. The van der Waals surface area contributed by atoms with Crippen LogP contribution >= 0.6 is 0 Å². The smallest absolute Gasteiger partial charge is 0.357 e. The van der Waals surface area contributed by atoms with Gasteiger partial charge in [0.15, 0.2) is 6.61 Å². The number of aryl methyl sites for hydroxylation is 1. The number of carbonyl (C=O) groups is 2. The first-order valence-corrected chi connectivity index (χ1v) is 10.2. The molecule has 0 saturated carbocycles. The van der Waals surface area contributed by atoms with Crippen LogP contribution < -0.4 is 5.32 Å². The molecule has 0 saturated heterocycles. The van der Waals surface area contributed by atoms with Crippen molar-refractivity contribution in [1.29, 1.82) is 0 Å². The van der Waals surface area contributed by atoms with E-state index in [1.807, 2.05) is 0 Å². The summed E-state index contributed by atoms with van der Waals surface area (Å²) in [5.74, 6) is -1.30. The zero-order valence-electron chi connectivity index (χ0n) is 16.0. The van der Waals surface area contributed by atoms with E-state index in [1.165, 1.54) is 22.6 Å². The molecule has 2 rings (SSSR count). The van der Waals surface area contributed by atoms with Crippen LogP contribution in [0.2, 0.25) is 0 Å². The molecule has 0 fully saturated rings. The lowest BCUT2D eigenvalue weighted by atomic mass is 10.2. The van der Waals surface area contributed by atoms with Crippen LogP contribution in [0.3, 0.4) is 0 Å². The van der Waals surface area contributed by atoms with E-state index >= 15 is 0 Å². The number of hydrogen-bond acceptors (Lipinski definition) is 6. The first-order chi connectivity index (χ1) is 13.3. The van der Waals surface area contributed by atoms with Crippen molar-refractivity contribution >= 4 is 27.6 Å². The Bertz CT molecular complexity index is 941. The molecule has 9 heteroatoms. The van der Waals surface area contributed by atoms with E-state index in [0.29, 0.717) is 24.3 Å². The number of amides is 1. The number of anilines is 1. The van der Waals surface area contributed by atoms with Gasteiger partial charge in [-0.05, 0) is 36.8 Å². The first-order valence-electron chi connectivity index (χ1n) is 8.78. The summed E-state index contributed by atoms with van der Waals surface area (Å²) in [5.41, 5.74) is 0.972. The second-order valence-electron chi connectivity index (χ2n) is 5.91. The molecule has 0 radical (unpaired) electrons. The Morgan fingerprint density at radius 1 is 1.14 bits per heavy atom. The summed E-state index contributed by atoms with van der Waals surface area (Å²) in [7, 11) is -3.66. The van der Waals surface area contributed by atoms with Gasteiger partial charge in [-0.3, -0.25) is 4.79 Å². The van der Waals surface area contributed by atoms with E-state index < -0.39 is 28.5 Å². The van der Waals surface area contributed by atoms with Crippen LogP contribution in [-0.4, -0.2) is 49.3 Å². The molecule has 1 N–H and O–H groups in total. The number of rotatable bonds is 8. The summed E-state index contributed by atoms with van der Waals surface area (Å²) in [4.78, 5) is 27.9. The SMILES string of the molecule is CCN(CC)S(=O)(=O)c1cc(NC(=O)COC(=O)c2ccccn2)ccc1C. The van der Waals surface area contributed by atoms with E-state index in [0.717, 1.165) is 0 Å². The number of aromatic nitrogens is 1. The molecule has 2 aromatic rings. The van der Waals surface area contributed by atoms with Crippen molar-refractivity contribution in [3.8, 4) is 0 Å². The second-order valence-corrected chi connectivity index (χ2v) is 7.82. The van der Waals surface area contributed by atoms with E-state index in [4.69, 9.17) is 4.74 Å². The number of pyridine rings is 1. The van der Waals surface area contributed by atoms with Gasteiger partial charge in [-0.2, -0.15) is 4.31 Å². The van der Waals surface area contributed by atoms with Gasteiger partial charge in [0.25, 0.3) is 5.91 Å². The van der Waals surface area contributed by atoms with Crippen LogP contribution in [-0.2, 0) is 19.6 Å². The van der Waals surface area contributed by atoms with Crippen LogP contribution in [0.25, 0.3) is 0 Å². The van der Waals surface area contributed by atoms with Gasteiger partial charge in [-0.25, -0.2) is 18.2 Å². The number of esters is 1. The molecule has 150 valence electrons. The third-order valence-corrected chi connectivity index (χ3v) is 6.20. The van der Waals surface area contributed by atoms with Gasteiger partial charge in [0.05, 0.1) is 4.90 Å². The molecule has 0 spiro atoms. The summed E-state index contributed by atoms with van der Waals surface area (Å²) in [6.07, 6.45) is 1.45. The Labute approximate surface area is 164 Å². The summed E-state index contributed by atoms with van der Waals surface area (Å²) in [6.45, 7) is 5.39. The van der Waals surface area contributed by atoms with Gasteiger partial charge in [-0.15, -0.1) is 0 Å². The highest BCUT2D eigenvalue weighted by molar-refractivity contribution is 7.89. The highest BCUT2D eigenvalue weighted by atomic mass is 32.2. The molecule has 28 heavy (non-hydrogen) atoms. The number of sulfonamides is 1. The number of nitrogens with one attached hydrogen (secondary N) is 1. The number of benzene rings is 1. The highest BCUT2D eigenvalue weighted by Gasteiger charge is 2.24. The molecule has 0 bridgehead atoms. The molecular weight excluding hydrogens is 382 g/mol. The molecular formula is C19H23N3O5S. The summed E-state index contributed by atoms with van der Waals surface area (Å²) >= 11 is 0. The Hall–Kier alpha value is -2.78. The zero-order valence-corrected chi connectivity index (χ0v) is 16.8. The van der Waals surface area contributed by atoms with Crippen molar-refractivity contribution in [3.63, 3.8) is 0 Å². The molecule has 8 nitrogen and oxygen atoms in total. The Kier molecular flexibility index (Phi) is 7.24. The Morgan fingerprint density at radius 3 is 2.46 bits per heavy atom.